The predicted octanol–water partition coefficient (Wildman–Crippen LogP) is 5.42. The Morgan fingerprint density at radius 2 is 1.15 bits per heavy atom. The molecule has 4 nitrogen and oxygen atoms in total. The van der Waals surface area contributed by atoms with Gasteiger partial charge in [-0.25, -0.2) is 0 Å². The summed E-state index contributed by atoms with van der Waals surface area (Å²) in [5, 5.41) is 18.4. The fourth-order valence-corrected chi connectivity index (χ4v) is 2.19. The monoisotopic (exact) mass is 367 g/mol. The highest BCUT2D eigenvalue weighted by molar-refractivity contribution is 5.66. The van der Waals surface area contributed by atoms with Crippen molar-refractivity contribution in [3.8, 4) is 0 Å². The summed E-state index contributed by atoms with van der Waals surface area (Å²) < 4.78 is 0. The van der Waals surface area contributed by atoms with Crippen molar-refractivity contribution in [2.45, 2.75) is 104 Å². The van der Waals surface area contributed by atoms with Crippen molar-refractivity contribution in [1.82, 2.24) is 0 Å². The topological polar surface area (TPSA) is 77.4 Å². The highest BCUT2D eigenvalue weighted by Gasteiger charge is 1.92. The Morgan fingerprint density at radius 1 is 0.692 bits per heavy atom. The van der Waals surface area contributed by atoms with Gasteiger partial charge in [-0.3, -0.25) is 4.79 Å². The third-order valence-corrected chi connectivity index (χ3v) is 3.80. The first-order chi connectivity index (χ1) is 12.5. The average Bonchev–Trinajstić information content (AvgIpc) is 2.59. The van der Waals surface area contributed by atoms with E-state index in [0.717, 1.165) is 44.9 Å². The van der Waals surface area contributed by atoms with Crippen LogP contribution in [0.15, 0.2) is 24.3 Å². The fourth-order valence-electron chi connectivity index (χ4n) is 2.19. The van der Waals surface area contributed by atoms with E-state index in [4.69, 9.17) is 5.11 Å². The van der Waals surface area contributed by atoms with Crippen molar-refractivity contribution in [1.29, 1.82) is 0 Å². The molecule has 0 rings (SSSR count). The number of carbonyl (C=O) groups is 2. The van der Waals surface area contributed by atoms with Gasteiger partial charge in [-0.15, -0.1) is 0 Å². The quantitative estimate of drug-likeness (QED) is 0.292. The summed E-state index contributed by atoms with van der Waals surface area (Å²) in [6.45, 7) is 4.35. The number of unbranched alkanes of at least 4 members (excludes halogenated alkanes) is 8. The molecule has 0 fully saturated rings. The Hall–Kier alpha value is -1.58. The second kappa shape index (κ2) is 23.4. The van der Waals surface area contributed by atoms with Crippen LogP contribution in [0.4, 0.5) is 0 Å². The van der Waals surface area contributed by atoms with Gasteiger partial charge in [-0.05, 0) is 51.4 Å². The van der Waals surface area contributed by atoms with Crippen molar-refractivity contribution in [3.05, 3.63) is 24.3 Å². The summed E-state index contributed by atoms with van der Waals surface area (Å²) in [4.78, 5) is 20.2. The number of carboxylic acid groups (broad SMARTS) is 2. The molecule has 0 aliphatic heterocycles. The van der Waals surface area contributed by atoms with Crippen LogP contribution in [0.3, 0.4) is 0 Å². The average molecular weight is 368 g/mol. The number of aliphatic carboxylic acids is 2. The normalized spacial score (nSPS) is 10.8. The molecule has 0 atom stereocenters. The number of allylic oxidation sites excluding steroid dienone is 4. The molecule has 4 heteroatoms. The van der Waals surface area contributed by atoms with E-state index >= 15 is 0 Å². The summed E-state index contributed by atoms with van der Waals surface area (Å²) >= 11 is 0. The Kier molecular flexibility index (Phi) is 24.0. The molecule has 0 aliphatic rings. The molecule has 0 radical (unpaired) electrons. The van der Waals surface area contributed by atoms with Gasteiger partial charge in [0.2, 0.25) is 0 Å². The molecule has 1 N–H and O–H groups in total. The summed E-state index contributed by atoms with van der Waals surface area (Å²) in [5.74, 6) is -1.62. The number of hydrogen-bond acceptors (Lipinski definition) is 3. The fraction of sp³-hybridized carbons (Fsp3) is 0.727. The first kappa shape index (κ1) is 26.6. The molecular formula is C22H39O4-. The molecule has 0 bridgehead atoms. The molecule has 0 saturated heterocycles. The van der Waals surface area contributed by atoms with Crippen LogP contribution in [0.25, 0.3) is 0 Å². The molecule has 0 spiro atoms. The Morgan fingerprint density at radius 3 is 1.58 bits per heavy atom. The van der Waals surface area contributed by atoms with Gasteiger partial charge in [0.1, 0.15) is 0 Å². The SMILES string of the molecule is CCCC/C=C/CCCC(=O)O.CCCC/C=C/CCCCCC(=O)[O-]. The van der Waals surface area contributed by atoms with Gasteiger partial charge in [-0.2, -0.15) is 0 Å². The highest BCUT2D eigenvalue weighted by Crippen LogP contribution is 2.04. The predicted molar refractivity (Wildman–Crippen MR) is 107 cm³/mol. The first-order valence-corrected chi connectivity index (χ1v) is 10.3. The van der Waals surface area contributed by atoms with Gasteiger partial charge in [0, 0.05) is 12.4 Å². The molecule has 0 unspecified atom stereocenters. The van der Waals surface area contributed by atoms with Gasteiger partial charge in [-0.1, -0.05) is 70.3 Å². The molecule has 0 amide bonds. The van der Waals surface area contributed by atoms with E-state index in [-0.39, 0.29) is 12.8 Å². The van der Waals surface area contributed by atoms with Gasteiger partial charge in [0.25, 0.3) is 0 Å². The maximum atomic E-state index is 10.1. The van der Waals surface area contributed by atoms with Crippen molar-refractivity contribution in [2.75, 3.05) is 0 Å². The standard InChI is InChI=1S/C12H22O2.C10H18O2/c1-2-3-4-5-6-7-8-9-10-11-12(13)14;1-2-3-4-5-6-7-8-9-10(11)12/h5-6H,2-4,7-11H2,1H3,(H,13,14);5-6H,2-4,7-9H2,1H3,(H,11,12)/p-1/b2*6-5+. The zero-order valence-corrected chi connectivity index (χ0v) is 16.9. The summed E-state index contributed by atoms with van der Waals surface area (Å²) in [6, 6.07) is 0. The van der Waals surface area contributed by atoms with E-state index in [1.807, 2.05) is 0 Å². The van der Waals surface area contributed by atoms with Crippen LogP contribution in [-0.4, -0.2) is 17.0 Å². The molecular weight excluding hydrogens is 328 g/mol. The van der Waals surface area contributed by atoms with E-state index in [1.165, 1.54) is 32.1 Å². The minimum atomic E-state index is -0.927. The summed E-state index contributed by atoms with van der Waals surface area (Å²) in [7, 11) is 0. The van der Waals surface area contributed by atoms with Crippen LogP contribution in [0.5, 0.6) is 0 Å². The van der Waals surface area contributed by atoms with E-state index in [1.54, 1.807) is 0 Å². The van der Waals surface area contributed by atoms with E-state index < -0.39 is 11.9 Å². The number of carboxylic acids is 2. The molecule has 0 heterocycles. The van der Waals surface area contributed by atoms with Crippen molar-refractivity contribution < 1.29 is 19.8 Å². The summed E-state index contributed by atoms with van der Waals surface area (Å²) in [5.41, 5.74) is 0. The molecule has 0 aromatic heterocycles. The van der Waals surface area contributed by atoms with Crippen LogP contribution in [-0.2, 0) is 9.59 Å². The molecule has 152 valence electrons. The Labute approximate surface area is 160 Å². The third kappa shape index (κ3) is 30.3. The molecule has 0 aliphatic carbocycles. The van der Waals surface area contributed by atoms with Crippen LogP contribution in [0, 0.1) is 0 Å². The zero-order chi connectivity index (χ0) is 19.9. The van der Waals surface area contributed by atoms with Crippen molar-refractivity contribution in [3.63, 3.8) is 0 Å². The first-order valence-electron chi connectivity index (χ1n) is 10.3. The molecule has 26 heavy (non-hydrogen) atoms. The second-order valence-electron chi connectivity index (χ2n) is 6.48. The lowest BCUT2D eigenvalue weighted by atomic mass is 10.1. The van der Waals surface area contributed by atoms with Crippen LogP contribution in [0.2, 0.25) is 0 Å². The van der Waals surface area contributed by atoms with E-state index in [0.29, 0.717) is 0 Å². The number of carbonyl (C=O) groups excluding carboxylic acids is 1. The smallest absolute Gasteiger partial charge is 0.303 e. The molecule has 0 aromatic carbocycles. The minimum Gasteiger partial charge on any atom is -0.550 e. The largest absolute Gasteiger partial charge is 0.550 e. The van der Waals surface area contributed by atoms with Crippen LogP contribution >= 0.6 is 0 Å². The zero-order valence-electron chi connectivity index (χ0n) is 16.9. The maximum Gasteiger partial charge on any atom is 0.303 e. The minimum absolute atomic E-state index is 0.208. The second-order valence-corrected chi connectivity index (χ2v) is 6.48. The molecule has 0 saturated carbocycles. The lowest BCUT2D eigenvalue weighted by Gasteiger charge is -1.99. The third-order valence-electron chi connectivity index (χ3n) is 3.80. The van der Waals surface area contributed by atoms with Crippen molar-refractivity contribution in [2.24, 2.45) is 0 Å². The Bertz CT molecular complexity index is 372. The van der Waals surface area contributed by atoms with Gasteiger partial charge < -0.3 is 15.0 Å². The van der Waals surface area contributed by atoms with Crippen LogP contribution < -0.4 is 5.11 Å². The number of hydrogen-bond donors (Lipinski definition) is 1. The lowest BCUT2D eigenvalue weighted by Crippen LogP contribution is -2.21. The highest BCUT2D eigenvalue weighted by atomic mass is 16.4. The summed E-state index contributed by atoms with van der Waals surface area (Å²) in [6.07, 6.45) is 22.0. The lowest BCUT2D eigenvalue weighted by molar-refractivity contribution is -0.305. The van der Waals surface area contributed by atoms with Gasteiger partial charge in [0.05, 0.1) is 0 Å². The van der Waals surface area contributed by atoms with E-state index in [9.17, 15) is 14.7 Å². The Balaban J connectivity index is 0. The molecule has 0 aromatic rings. The van der Waals surface area contributed by atoms with Crippen molar-refractivity contribution >= 4 is 11.9 Å². The van der Waals surface area contributed by atoms with Crippen LogP contribution in [0.1, 0.15) is 104 Å². The van der Waals surface area contributed by atoms with E-state index in [2.05, 4.69) is 38.2 Å². The maximum absolute atomic E-state index is 10.1. The number of rotatable bonds is 16. The van der Waals surface area contributed by atoms with Gasteiger partial charge >= 0.3 is 5.97 Å². The van der Waals surface area contributed by atoms with Gasteiger partial charge in [0.15, 0.2) is 0 Å².